The molecule has 0 aliphatic rings. The third-order valence-corrected chi connectivity index (χ3v) is 1.90. The van der Waals surface area contributed by atoms with Crippen molar-refractivity contribution < 1.29 is 19.5 Å². The van der Waals surface area contributed by atoms with Crippen molar-refractivity contribution >= 4 is 7.92 Å². The molecule has 0 aliphatic carbocycles. The molecule has 0 unspecified atom stereocenters. The van der Waals surface area contributed by atoms with Crippen LogP contribution in [-0.4, -0.2) is 19.5 Å². The first-order valence-corrected chi connectivity index (χ1v) is 4.34. The molecule has 0 aromatic rings. The Hall–Kier alpha value is 1.05. The Kier molecular flexibility index (Phi) is 10.2. The summed E-state index contributed by atoms with van der Waals surface area (Å²) >= 11 is 0. The van der Waals surface area contributed by atoms with E-state index in [1.54, 1.807) is 0 Å². The Labute approximate surface area is 54.2 Å². The van der Waals surface area contributed by atoms with E-state index in [-0.39, 0.29) is 19.5 Å². The smallest absolute Gasteiger partial charge is 0 e. The van der Waals surface area contributed by atoms with Crippen LogP contribution in [0, 0.1) is 0 Å². The van der Waals surface area contributed by atoms with E-state index in [4.69, 9.17) is 0 Å². The van der Waals surface area contributed by atoms with E-state index in [1.807, 2.05) is 0 Å². The van der Waals surface area contributed by atoms with Crippen molar-refractivity contribution in [3.63, 3.8) is 0 Å². The Balaban J connectivity index is 0. The van der Waals surface area contributed by atoms with Crippen molar-refractivity contribution in [2.24, 2.45) is 0 Å². The molecule has 0 saturated heterocycles. The van der Waals surface area contributed by atoms with Gasteiger partial charge in [0.1, 0.15) is 0 Å². The Morgan fingerprint density at radius 3 is 1.50 bits per heavy atom. The summed E-state index contributed by atoms with van der Waals surface area (Å²) < 4.78 is 0. The van der Waals surface area contributed by atoms with Crippen molar-refractivity contribution in [3.05, 3.63) is 0 Å². The Bertz CT molecular complexity index is 21.5. The third-order valence-electron chi connectivity index (χ3n) is 0.632. The van der Waals surface area contributed by atoms with Crippen molar-refractivity contribution in [3.8, 4) is 0 Å². The van der Waals surface area contributed by atoms with Crippen LogP contribution in [0.4, 0.5) is 0 Å². The van der Waals surface area contributed by atoms with Crippen LogP contribution in [-0.2, 0) is 19.5 Å². The van der Waals surface area contributed by atoms with Gasteiger partial charge in [-0.2, -0.15) is 0 Å². The van der Waals surface area contributed by atoms with Crippen molar-refractivity contribution in [1.82, 2.24) is 0 Å². The van der Waals surface area contributed by atoms with E-state index < -0.39 is 0 Å². The monoisotopic (exact) mass is 154 g/mol. The van der Waals surface area contributed by atoms with Gasteiger partial charge in [0, 0.05) is 19.5 Å². The van der Waals surface area contributed by atoms with Crippen LogP contribution in [0.25, 0.3) is 0 Å². The van der Waals surface area contributed by atoms with Crippen LogP contribution in [0.2, 0.25) is 0 Å². The standard InChI is InChI=1S/C4H11P.Zn/c1-4-5(2)3;/h4H2,1-3H3;. The number of hydrogen-bond donors (Lipinski definition) is 0. The second-order valence-corrected chi connectivity index (χ2v) is 4.19. The summed E-state index contributed by atoms with van der Waals surface area (Å²) in [5.74, 6) is 0. The van der Waals surface area contributed by atoms with Crippen molar-refractivity contribution in [2.45, 2.75) is 6.92 Å². The quantitative estimate of drug-likeness (QED) is 0.400. The molecular weight excluding hydrogens is 144 g/mol. The summed E-state index contributed by atoms with van der Waals surface area (Å²) in [6.07, 6.45) is 1.37. The zero-order valence-electron chi connectivity index (χ0n) is 4.86. The fraction of sp³-hybridized carbons (Fsp3) is 1.00. The molecule has 6 heavy (non-hydrogen) atoms. The fourth-order valence-electron chi connectivity index (χ4n) is 0. The van der Waals surface area contributed by atoms with Gasteiger partial charge < -0.3 is 0 Å². The fourth-order valence-corrected chi connectivity index (χ4v) is 0. The molecule has 0 atom stereocenters. The molecule has 0 spiro atoms. The van der Waals surface area contributed by atoms with Gasteiger partial charge in [0.2, 0.25) is 0 Å². The van der Waals surface area contributed by atoms with E-state index in [9.17, 15) is 0 Å². The average Bonchev–Trinajstić information content (AvgIpc) is 1.38. The molecule has 0 aliphatic heterocycles. The molecule has 0 rings (SSSR count). The normalized spacial score (nSPS) is 8.00. The molecule has 0 N–H and O–H groups in total. The van der Waals surface area contributed by atoms with Crippen molar-refractivity contribution in [2.75, 3.05) is 19.5 Å². The largest absolute Gasteiger partial charge is 0.113 e. The van der Waals surface area contributed by atoms with E-state index in [2.05, 4.69) is 20.3 Å². The zero-order chi connectivity index (χ0) is 4.28. The minimum Gasteiger partial charge on any atom is -0.113 e. The molecule has 34 valence electrons. The van der Waals surface area contributed by atoms with Gasteiger partial charge in [0.25, 0.3) is 0 Å². The van der Waals surface area contributed by atoms with Gasteiger partial charge in [0.05, 0.1) is 0 Å². The van der Waals surface area contributed by atoms with E-state index in [0.29, 0.717) is 7.92 Å². The first kappa shape index (κ1) is 10.1. The van der Waals surface area contributed by atoms with Gasteiger partial charge in [-0.1, -0.05) is 6.92 Å². The van der Waals surface area contributed by atoms with Crippen LogP contribution in [0.15, 0.2) is 0 Å². The van der Waals surface area contributed by atoms with Gasteiger partial charge in [-0.25, -0.2) is 0 Å². The summed E-state index contributed by atoms with van der Waals surface area (Å²) in [6, 6.07) is 0. The minimum absolute atomic E-state index is 0. The molecule has 0 saturated carbocycles. The molecule has 0 heterocycles. The molecule has 0 aromatic carbocycles. The van der Waals surface area contributed by atoms with Crippen LogP contribution < -0.4 is 0 Å². The van der Waals surface area contributed by atoms with Crippen LogP contribution in [0.5, 0.6) is 0 Å². The predicted octanol–water partition coefficient (Wildman–Crippen LogP) is 1.75. The molecule has 2 heteroatoms. The number of hydrogen-bond acceptors (Lipinski definition) is 0. The third kappa shape index (κ3) is 8.91. The summed E-state index contributed by atoms with van der Waals surface area (Å²) in [6.45, 7) is 6.80. The van der Waals surface area contributed by atoms with Gasteiger partial charge in [-0.05, 0) is 19.5 Å². The predicted molar refractivity (Wildman–Crippen MR) is 29.3 cm³/mol. The van der Waals surface area contributed by atoms with E-state index in [0.717, 1.165) is 0 Å². The molecule has 0 bridgehead atoms. The molecule has 0 radical (unpaired) electrons. The van der Waals surface area contributed by atoms with Gasteiger partial charge >= 0.3 is 0 Å². The Morgan fingerprint density at radius 1 is 1.33 bits per heavy atom. The maximum atomic E-state index is 2.29. The van der Waals surface area contributed by atoms with Gasteiger partial charge in [-0.15, -0.1) is 7.92 Å². The second-order valence-electron chi connectivity index (χ2n) is 1.40. The summed E-state index contributed by atoms with van der Waals surface area (Å²) in [5.41, 5.74) is 0. The SMILES string of the molecule is CCP(C)C.[Zn]. The van der Waals surface area contributed by atoms with E-state index >= 15 is 0 Å². The molecule has 0 amide bonds. The van der Waals surface area contributed by atoms with Crippen LogP contribution >= 0.6 is 7.92 Å². The second kappa shape index (κ2) is 6.05. The Morgan fingerprint density at radius 2 is 1.50 bits per heavy atom. The van der Waals surface area contributed by atoms with Crippen LogP contribution in [0.3, 0.4) is 0 Å². The average molecular weight is 155 g/mol. The maximum Gasteiger partial charge on any atom is 0 e. The summed E-state index contributed by atoms with van der Waals surface area (Å²) in [4.78, 5) is 0. The molecule has 0 aromatic heterocycles. The molecule has 0 nitrogen and oxygen atoms in total. The zero-order valence-corrected chi connectivity index (χ0v) is 8.72. The van der Waals surface area contributed by atoms with Gasteiger partial charge in [0.15, 0.2) is 0 Å². The first-order chi connectivity index (χ1) is 2.27. The van der Waals surface area contributed by atoms with E-state index in [1.165, 1.54) is 6.16 Å². The summed E-state index contributed by atoms with van der Waals surface area (Å²) in [7, 11) is 0.402. The first-order valence-electron chi connectivity index (χ1n) is 1.92. The summed E-state index contributed by atoms with van der Waals surface area (Å²) in [5, 5.41) is 0. The topological polar surface area (TPSA) is 0 Å². The molecule has 0 fully saturated rings. The molecular formula is C4H11PZn. The number of rotatable bonds is 1. The minimum atomic E-state index is 0. The van der Waals surface area contributed by atoms with Crippen molar-refractivity contribution in [1.29, 1.82) is 0 Å². The van der Waals surface area contributed by atoms with Crippen LogP contribution in [0.1, 0.15) is 6.92 Å². The van der Waals surface area contributed by atoms with Gasteiger partial charge in [-0.3, -0.25) is 0 Å². The maximum absolute atomic E-state index is 2.29.